The van der Waals surface area contributed by atoms with E-state index in [0.29, 0.717) is 0 Å². The molecule has 0 radical (unpaired) electrons. The predicted molar refractivity (Wildman–Crippen MR) is 54.3 cm³/mol. The molecule has 1 saturated carbocycles. The average molecular weight is 169 g/mol. The second-order valence-corrected chi connectivity index (χ2v) is 4.88. The molecule has 0 bridgehead atoms. The van der Waals surface area contributed by atoms with Crippen LogP contribution < -0.4 is 0 Å². The van der Waals surface area contributed by atoms with Crippen LogP contribution in [0.2, 0.25) is 0 Å². The van der Waals surface area contributed by atoms with Crippen molar-refractivity contribution in [3.05, 3.63) is 0 Å². The van der Waals surface area contributed by atoms with Crippen molar-refractivity contribution in [2.24, 2.45) is 11.8 Å². The highest BCUT2D eigenvalue weighted by Gasteiger charge is 2.25. The topological polar surface area (TPSA) is 3.24 Å². The molecule has 1 fully saturated rings. The second-order valence-electron chi connectivity index (χ2n) is 4.88. The molecule has 0 aromatic heterocycles. The zero-order valence-corrected chi connectivity index (χ0v) is 9.01. The van der Waals surface area contributed by atoms with Gasteiger partial charge in [0, 0.05) is 19.1 Å². The molecule has 72 valence electrons. The van der Waals surface area contributed by atoms with Gasteiger partial charge >= 0.3 is 0 Å². The Morgan fingerprint density at radius 3 is 2.08 bits per heavy atom. The Kier molecular flexibility index (Phi) is 3.57. The molecular weight excluding hydrogens is 146 g/mol. The van der Waals surface area contributed by atoms with Crippen LogP contribution in [0.1, 0.15) is 40.5 Å². The lowest BCUT2D eigenvalue weighted by atomic mass is 10.1. The van der Waals surface area contributed by atoms with Crippen LogP contribution in [-0.2, 0) is 0 Å². The minimum atomic E-state index is 0.730. The van der Waals surface area contributed by atoms with Gasteiger partial charge in [0.2, 0.25) is 0 Å². The summed E-state index contributed by atoms with van der Waals surface area (Å²) >= 11 is 0. The summed E-state index contributed by atoms with van der Waals surface area (Å²) in [5.41, 5.74) is 0. The fourth-order valence-electron chi connectivity index (χ4n) is 1.60. The zero-order valence-electron chi connectivity index (χ0n) is 9.01. The molecule has 0 aromatic rings. The average Bonchev–Trinajstić information content (AvgIpc) is 2.68. The van der Waals surface area contributed by atoms with E-state index in [1.807, 2.05) is 0 Å². The molecule has 0 unspecified atom stereocenters. The molecule has 0 heterocycles. The van der Waals surface area contributed by atoms with Crippen LogP contribution in [0, 0.1) is 11.8 Å². The molecule has 0 amide bonds. The maximum atomic E-state index is 2.63. The molecule has 1 rings (SSSR count). The van der Waals surface area contributed by atoms with Gasteiger partial charge in [-0.1, -0.05) is 13.8 Å². The first-order chi connectivity index (χ1) is 5.59. The van der Waals surface area contributed by atoms with Gasteiger partial charge in [0.25, 0.3) is 0 Å². The normalized spacial score (nSPS) is 18.2. The zero-order chi connectivity index (χ0) is 9.14. The Bertz CT molecular complexity index is 121. The quantitative estimate of drug-likeness (QED) is 0.611. The third kappa shape index (κ3) is 3.57. The van der Waals surface area contributed by atoms with Gasteiger partial charge in [-0.25, -0.2) is 0 Å². The van der Waals surface area contributed by atoms with Crippen molar-refractivity contribution in [2.75, 3.05) is 13.1 Å². The monoisotopic (exact) mass is 169 g/mol. The molecule has 12 heavy (non-hydrogen) atoms. The Hall–Kier alpha value is -0.0400. The molecule has 1 aliphatic carbocycles. The van der Waals surface area contributed by atoms with Crippen molar-refractivity contribution >= 4 is 0 Å². The highest BCUT2D eigenvalue weighted by Crippen LogP contribution is 2.30. The minimum absolute atomic E-state index is 0.730. The second kappa shape index (κ2) is 4.27. The highest BCUT2D eigenvalue weighted by atomic mass is 15.1. The molecule has 1 nitrogen and oxygen atoms in total. The van der Waals surface area contributed by atoms with Crippen molar-refractivity contribution in [1.29, 1.82) is 0 Å². The Balaban J connectivity index is 2.26. The highest BCUT2D eigenvalue weighted by molar-refractivity contribution is 4.79. The van der Waals surface area contributed by atoms with Crippen LogP contribution in [0.3, 0.4) is 0 Å². The molecule has 1 heteroatoms. The molecule has 0 aromatic carbocycles. The van der Waals surface area contributed by atoms with E-state index in [2.05, 4.69) is 32.6 Å². The van der Waals surface area contributed by atoms with Crippen LogP contribution in [0.15, 0.2) is 0 Å². The van der Waals surface area contributed by atoms with Crippen molar-refractivity contribution in [3.63, 3.8) is 0 Å². The summed E-state index contributed by atoms with van der Waals surface area (Å²) < 4.78 is 0. The lowest BCUT2D eigenvalue weighted by molar-refractivity contribution is 0.190. The van der Waals surface area contributed by atoms with Crippen molar-refractivity contribution in [1.82, 2.24) is 4.90 Å². The van der Waals surface area contributed by atoms with E-state index < -0.39 is 0 Å². The SMILES string of the molecule is CC(C)CN(CC1CC1)C(C)C. The number of hydrogen-bond acceptors (Lipinski definition) is 1. The van der Waals surface area contributed by atoms with Crippen LogP contribution >= 0.6 is 0 Å². The van der Waals surface area contributed by atoms with Crippen LogP contribution in [0.4, 0.5) is 0 Å². The summed E-state index contributed by atoms with van der Waals surface area (Å²) in [5.74, 6) is 1.84. The van der Waals surface area contributed by atoms with E-state index in [4.69, 9.17) is 0 Å². The van der Waals surface area contributed by atoms with E-state index in [9.17, 15) is 0 Å². The maximum Gasteiger partial charge on any atom is 0.00388 e. The first kappa shape index (κ1) is 10.0. The fraction of sp³-hybridized carbons (Fsp3) is 1.00. The van der Waals surface area contributed by atoms with Crippen LogP contribution in [-0.4, -0.2) is 24.0 Å². The molecular formula is C11H23N. The van der Waals surface area contributed by atoms with Crippen LogP contribution in [0.25, 0.3) is 0 Å². The fourth-order valence-corrected chi connectivity index (χ4v) is 1.60. The van der Waals surface area contributed by atoms with Gasteiger partial charge in [-0.05, 0) is 38.5 Å². The van der Waals surface area contributed by atoms with Crippen molar-refractivity contribution in [3.8, 4) is 0 Å². The molecule has 0 spiro atoms. The third-order valence-corrected chi connectivity index (χ3v) is 2.52. The van der Waals surface area contributed by atoms with Gasteiger partial charge < -0.3 is 4.90 Å². The first-order valence-electron chi connectivity index (χ1n) is 5.33. The van der Waals surface area contributed by atoms with Crippen molar-refractivity contribution < 1.29 is 0 Å². The summed E-state index contributed by atoms with van der Waals surface area (Å²) in [7, 11) is 0. The molecule has 0 atom stereocenters. The molecule has 0 N–H and O–H groups in total. The summed E-state index contributed by atoms with van der Waals surface area (Å²) in [4.78, 5) is 2.63. The summed E-state index contributed by atoms with van der Waals surface area (Å²) in [6.07, 6.45) is 2.95. The van der Waals surface area contributed by atoms with Gasteiger partial charge in [0.05, 0.1) is 0 Å². The maximum absolute atomic E-state index is 2.63. The summed E-state index contributed by atoms with van der Waals surface area (Å²) in [6, 6.07) is 0.730. The number of rotatable bonds is 5. The summed E-state index contributed by atoms with van der Waals surface area (Å²) in [6.45, 7) is 11.9. The van der Waals surface area contributed by atoms with E-state index in [0.717, 1.165) is 17.9 Å². The largest absolute Gasteiger partial charge is 0.300 e. The lowest BCUT2D eigenvalue weighted by Crippen LogP contribution is -2.35. The van der Waals surface area contributed by atoms with E-state index >= 15 is 0 Å². The van der Waals surface area contributed by atoms with E-state index in [1.165, 1.54) is 25.9 Å². The van der Waals surface area contributed by atoms with Gasteiger partial charge in [0.15, 0.2) is 0 Å². The Morgan fingerprint density at radius 1 is 1.17 bits per heavy atom. The van der Waals surface area contributed by atoms with E-state index in [-0.39, 0.29) is 0 Å². The first-order valence-corrected chi connectivity index (χ1v) is 5.33. The van der Waals surface area contributed by atoms with Crippen molar-refractivity contribution in [2.45, 2.75) is 46.6 Å². The Labute approximate surface area is 77.1 Å². The van der Waals surface area contributed by atoms with Gasteiger partial charge in [-0.2, -0.15) is 0 Å². The van der Waals surface area contributed by atoms with Gasteiger partial charge in [-0.3, -0.25) is 0 Å². The van der Waals surface area contributed by atoms with Crippen LogP contribution in [0.5, 0.6) is 0 Å². The van der Waals surface area contributed by atoms with Gasteiger partial charge in [-0.15, -0.1) is 0 Å². The predicted octanol–water partition coefficient (Wildman–Crippen LogP) is 2.76. The number of hydrogen-bond donors (Lipinski definition) is 0. The third-order valence-electron chi connectivity index (χ3n) is 2.52. The van der Waals surface area contributed by atoms with Gasteiger partial charge in [0.1, 0.15) is 0 Å². The summed E-state index contributed by atoms with van der Waals surface area (Å²) in [5, 5.41) is 0. The molecule has 0 saturated heterocycles. The van der Waals surface area contributed by atoms with E-state index in [1.54, 1.807) is 0 Å². The minimum Gasteiger partial charge on any atom is -0.300 e. The molecule has 1 aliphatic rings. The lowest BCUT2D eigenvalue weighted by Gasteiger charge is -2.28. The molecule has 0 aliphatic heterocycles. The Morgan fingerprint density at radius 2 is 1.75 bits per heavy atom. The standard InChI is InChI=1S/C11H23N/c1-9(2)7-12(10(3)4)8-11-5-6-11/h9-11H,5-8H2,1-4H3. The number of nitrogens with zero attached hydrogens (tertiary/aromatic N) is 1. The smallest absolute Gasteiger partial charge is 0.00388 e.